The van der Waals surface area contributed by atoms with Crippen molar-refractivity contribution in [3.05, 3.63) is 29.8 Å². The second-order valence-corrected chi connectivity index (χ2v) is 2.38. The number of hydrazone groups is 1. The number of methoxy groups -OCH3 is 1. The highest BCUT2D eigenvalue weighted by molar-refractivity contribution is 5.61. The summed E-state index contributed by atoms with van der Waals surface area (Å²) in [4.78, 5) is 0. The standard InChI is InChI=1S/C9H12N2O/c1-12-9-4-2-8(3-5-9)6-7-11-10/h2-5,7H,6,10H2,1H3/b11-7+. The number of nitrogens with zero attached hydrogens (tertiary/aromatic N) is 1. The number of rotatable bonds is 3. The summed E-state index contributed by atoms with van der Waals surface area (Å²) >= 11 is 0. The van der Waals surface area contributed by atoms with E-state index >= 15 is 0 Å². The fraction of sp³-hybridized carbons (Fsp3) is 0.222. The van der Waals surface area contributed by atoms with Crippen LogP contribution in [-0.4, -0.2) is 13.3 Å². The van der Waals surface area contributed by atoms with Crippen LogP contribution in [0.4, 0.5) is 0 Å². The summed E-state index contributed by atoms with van der Waals surface area (Å²) < 4.78 is 5.02. The van der Waals surface area contributed by atoms with Crippen LogP contribution in [0.2, 0.25) is 0 Å². The predicted octanol–water partition coefficient (Wildman–Crippen LogP) is 1.18. The summed E-state index contributed by atoms with van der Waals surface area (Å²) in [6, 6.07) is 7.81. The molecule has 3 nitrogen and oxygen atoms in total. The van der Waals surface area contributed by atoms with Crippen LogP contribution in [0.15, 0.2) is 29.4 Å². The molecule has 0 radical (unpaired) electrons. The van der Waals surface area contributed by atoms with Crippen molar-refractivity contribution in [1.82, 2.24) is 0 Å². The maximum Gasteiger partial charge on any atom is 0.118 e. The van der Waals surface area contributed by atoms with Gasteiger partial charge in [-0.05, 0) is 17.7 Å². The Labute approximate surface area is 71.8 Å². The van der Waals surface area contributed by atoms with Gasteiger partial charge in [-0.25, -0.2) is 0 Å². The van der Waals surface area contributed by atoms with E-state index in [1.54, 1.807) is 13.3 Å². The molecule has 1 aromatic carbocycles. The molecule has 0 amide bonds. The highest BCUT2D eigenvalue weighted by Crippen LogP contribution is 2.10. The Balaban J connectivity index is 2.64. The fourth-order valence-corrected chi connectivity index (χ4v) is 0.920. The summed E-state index contributed by atoms with van der Waals surface area (Å²) in [6.07, 6.45) is 2.43. The van der Waals surface area contributed by atoms with Crippen molar-refractivity contribution in [3.8, 4) is 5.75 Å². The van der Waals surface area contributed by atoms with Crippen LogP contribution in [0.5, 0.6) is 5.75 Å². The monoisotopic (exact) mass is 164 g/mol. The maximum absolute atomic E-state index is 5.02. The van der Waals surface area contributed by atoms with Gasteiger partial charge in [0, 0.05) is 12.6 Å². The number of nitrogens with two attached hydrogens (primary N) is 1. The molecule has 0 bridgehead atoms. The molecule has 0 heterocycles. The molecule has 0 aliphatic rings. The van der Waals surface area contributed by atoms with Crippen LogP contribution >= 0.6 is 0 Å². The van der Waals surface area contributed by atoms with Crippen molar-refractivity contribution in [1.29, 1.82) is 0 Å². The summed E-state index contributed by atoms with van der Waals surface area (Å²) in [5.41, 5.74) is 1.17. The van der Waals surface area contributed by atoms with Gasteiger partial charge in [0.25, 0.3) is 0 Å². The Morgan fingerprint density at radius 3 is 2.58 bits per heavy atom. The topological polar surface area (TPSA) is 47.6 Å². The normalized spacial score (nSPS) is 10.4. The highest BCUT2D eigenvalue weighted by atomic mass is 16.5. The molecule has 2 N–H and O–H groups in total. The third-order valence-corrected chi connectivity index (χ3v) is 1.59. The first-order valence-corrected chi connectivity index (χ1v) is 3.71. The molecule has 0 saturated carbocycles. The lowest BCUT2D eigenvalue weighted by Gasteiger charge is -1.99. The smallest absolute Gasteiger partial charge is 0.118 e. The van der Waals surface area contributed by atoms with Gasteiger partial charge in [0.15, 0.2) is 0 Å². The Morgan fingerprint density at radius 1 is 1.42 bits per heavy atom. The van der Waals surface area contributed by atoms with Crippen molar-refractivity contribution >= 4 is 6.21 Å². The second-order valence-electron chi connectivity index (χ2n) is 2.38. The zero-order chi connectivity index (χ0) is 8.81. The summed E-state index contributed by atoms with van der Waals surface area (Å²) in [5, 5.41) is 3.42. The van der Waals surface area contributed by atoms with Crippen LogP contribution in [0, 0.1) is 0 Å². The van der Waals surface area contributed by atoms with Crippen LogP contribution in [0.25, 0.3) is 0 Å². The van der Waals surface area contributed by atoms with E-state index in [-0.39, 0.29) is 0 Å². The predicted molar refractivity (Wildman–Crippen MR) is 49.4 cm³/mol. The number of ether oxygens (including phenoxy) is 1. The molecule has 3 heteroatoms. The third kappa shape index (κ3) is 2.27. The lowest BCUT2D eigenvalue weighted by Crippen LogP contribution is -1.89. The molecule has 0 unspecified atom stereocenters. The lowest BCUT2D eigenvalue weighted by molar-refractivity contribution is 0.414. The van der Waals surface area contributed by atoms with E-state index < -0.39 is 0 Å². The molecule has 0 fully saturated rings. The Bertz CT molecular complexity index is 254. The summed E-state index contributed by atoms with van der Waals surface area (Å²) in [7, 11) is 1.65. The summed E-state index contributed by atoms with van der Waals surface area (Å²) in [6.45, 7) is 0. The van der Waals surface area contributed by atoms with Gasteiger partial charge in [0.2, 0.25) is 0 Å². The summed E-state index contributed by atoms with van der Waals surface area (Å²) in [5.74, 6) is 5.84. The lowest BCUT2D eigenvalue weighted by atomic mass is 10.2. The Kier molecular flexibility index (Phi) is 3.14. The first-order valence-electron chi connectivity index (χ1n) is 3.71. The molecule has 1 aromatic rings. The van der Waals surface area contributed by atoms with Crippen LogP contribution in [-0.2, 0) is 6.42 Å². The molecule has 0 atom stereocenters. The van der Waals surface area contributed by atoms with E-state index in [1.165, 1.54) is 5.56 Å². The molecular weight excluding hydrogens is 152 g/mol. The molecule has 0 aliphatic heterocycles. The van der Waals surface area contributed by atoms with Crippen LogP contribution in [0.3, 0.4) is 0 Å². The second kappa shape index (κ2) is 4.38. The van der Waals surface area contributed by atoms with E-state index in [0.29, 0.717) is 0 Å². The van der Waals surface area contributed by atoms with Gasteiger partial charge in [0.1, 0.15) is 5.75 Å². The zero-order valence-electron chi connectivity index (χ0n) is 7.03. The highest BCUT2D eigenvalue weighted by Gasteiger charge is 1.91. The minimum Gasteiger partial charge on any atom is -0.497 e. The van der Waals surface area contributed by atoms with Gasteiger partial charge in [-0.15, -0.1) is 0 Å². The van der Waals surface area contributed by atoms with Crippen molar-refractivity contribution < 1.29 is 4.74 Å². The van der Waals surface area contributed by atoms with E-state index in [9.17, 15) is 0 Å². The minimum atomic E-state index is 0.764. The molecule has 0 aromatic heterocycles. The zero-order valence-corrected chi connectivity index (χ0v) is 7.03. The van der Waals surface area contributed by atoms with Crippen molar-refractivity contribution in [2.45, 2.75) is 6.42 Å². The van der Waals surface area contributed by atoms with Crippen LogP contribution in [0.1, 0.15) is 5.56 Å². The SMILES string of the molecule is COc1ccc(C/C=N/N)cc1. The van der Waals surface area contributed by atoms with Gasteiger partial charge in [-0.1, -0.05) is 12.1 Å². The maximum atomic E-state index is 5.02. The number of hydrogen-bond acceptors (Lipinski definition) is 3. The fourth-order valence-electron chi connectivity index (χ4n) is 0.920. The largest absolute Gasteiger partial charge is 0.497 e. The van der Waals surface area contributed by atoms with Gasteiger partial charge < -0.3 is 10.6 Å². The quantitative estimate of drug-likeness (QED) is 0.414. The third-order valence-electron chi connectivity index (χ3n) is 1.59. The molecule has 0 saturated heterocycles. The van der Waals surface area contributed by atoms with E-state index in [2.05, 4.69) is 5.10 Å². The van der Waals surface area contributed by atoms with E-state index in [4.69, 9.17) is 10.6 Å². The number of hydrogen-bond donors (Lipinski definition) is 1. The Morgan fingerprint density at radius 2 is 2.08 bits per heavy atom. The van der Waals surface area contributed by atoms with Crippen LogP contribution < -0.4 is 10.6 Å². The first-order chi connectivity index (χ1) is 5.86. The molecule has 0 spiro atoms. The van der Waals surface area contributed by atoms with Crippen molar-refractivity contribution in [2.75, 3.05) is 7.11 Å². The van der Waals surface area contributed by atoms with Crippen molar-refractivity contribution in [3.63, 3.8) is 0 Å². The minimum absolute atomic E-state index is 0.764. The van der Waals surface area contributed by atoms with Gasteiger partial charge >= 0.3 is 0 Å². The number of benzene rings is 1. The van der Waals surface area contributed by atoms with Crippen molar-refractivity contribution in [2.24, 2.45) is 10.9 Å². The van der Waals surface area contributed by atoms with Gasteiger partial charge in [-0.3, -0.25) is 0 Å². The average Bonchev–Trinajstić information content (AvgIpc) is 2.15. The molecule has 0 aliphatic carbocycles. The molecule has 1 rings (SSSR count). The van der Waals surface area contributed by atoms with E-state index in [1.807, 2.05) is 24.3 Å². The molecule has 64 valence electrons. The Hall–Kier alpha value is -1.51. The van der Waals surface area contributed by atoms with Gasteiger partial charge in [-0.2, -0.15) is 5.10 Å². The first kappa shape index (κ1) is 8.59. The molecule has 12 heavy (non-hydrogen) atoms. The average molecular weight is 164 g/mol. The van der Waals surface area contributed by atoms with Gasteiger partial charge in [0.05, 0.1) is 7.11 Å². The van der Waals surface area contributed by atoms with E-state index in [0.717, 1.165) is 12.2 Å². The molecular formula is C9H12N2O.